The molecule has 0 aliphatic heterocycles. The Kier molecular flexibility index (Phi) is 7.32. The summed E-state index contributed by atoms with van der Waals surface area (Å²) in [5.74, 6) is -1.73. The minimum Gasteiger partial charge on any atom is -0.481 e. The Balaban J connectivity index is 2.62. The maximum Gasteiger partial charge on any atom is 0.303 e. The molecule has 0 bridgehead atoms. The highest BCUT2D eigenvalue weighted by molar-refractivity contribution is 6.43. The molecule has 6 nitrogen and oxygen atoms in total. The lowest BCUT2D eigenvalue weighted by Crippen LogP contribution is -2.45. The van der Waals surface area contributed by atoms with Crippen molar-refractivity contribution in [3.8, 4) is 0 Å². The smallest absolute Gasteiger partial charge is 0.303 e. The van der Waals surface area contributed by atoms with Gasteiger partial charge >= 0.3 is 5.97 Å². The molecule has 0 fully saturated rings. The van der Waals surface area contributed by atoms with Crippen LogP contribution >= 0.6 is 23.2 Å². The molecule has 23 heavy (non-hydrogen) atoms. The Morgan fingerprint density at radius 1 is 1.30 bits per heavy atom. The molecule has 0 saturated heterocycles. The van der Waals surface area contributed by atoms with Crippen molar-refractivity contribution < 1.29 is 19.5 Å². The van der Waals surface area contributed by atoms with Crippen molar-refractivity contribution in [1.82, 2.24) is 10.2 Å². The Morgan fingerprint density at radius 3 is 2.57 bits per heavy atom. The van der Waals surface area contributed by atoms with Crippen molar-refractivity contribution in [3.63, 3.8) is 0 Å². The number of nitrogens with one attached hydrogen (secondary N) is 1. The zero-order valence-electron chi connectivity index (χ0n) is 12.8. The van der Waals surface area contributed by atoms with Crippen LogP contribution in [0.15, 0.2) is 18.2 Å². The number of benzene rings is 1. The first-order valence-corrected chi connectivity index (χ1v) is 7.71. The number of rotatable bonds is 7. The third-order valence-corrected chi connectivity index (χ3v) is 3.99. The van der Waals surface area contributed by atoms with Gasteiger partial charge in [-0.1, -0.05) is 29.3 Å². The average molecular weight is 361 g/mol. The van der Waals surface area contributed by atoms with E-state index in [1.807, 2.05) is 0 Å². The van der Waals surface area contributed by atoms with Gasteiger partial charge in [-0.3, -0.25) is 14.4 Å². The molecular weight excluding hydrogens is 343 g/mol. The number of carboxylic acids is 1. The molecule has 1 rings (SSSR count). The van der Waals surface area contributed by atoms with Crippen molar-refractivity contribution in [2.45, 2.75) is 25.8 Å². The topological polar surface area (TPSA) is 86.7 Å². The third kappa shape index (κ3) is 5.73. The summed E-state index contributed by atoms with van der Waals surface area (Å²) in [6.07, 6.45) is 0.328. The average Bonchev–Trinajstić information content (AvgIpc) is 2.48. The van der Waals surface area contributed by atoms with E-state index in [1.165, 1.54) is 11.0 Å². The number of carbonyl (C=O) groups excluding carboxylic acids is 2. The summed E-state index contributed by atoms with van der Waals surface area (Å²) in [6.45, 7) is 1.84. The summed E-state index contributed by atoms with van der Waals surface area (Å²) < 4.78 is 0. The molecule has 0 saturated carbocycles. The highest BCUT2D eigenvalue weighted by atomic mass is 35.5. The Morgan fingerprint density at radius 2 is 1.96 bits per heavy atom. The lowest BCUT2D eigenvalue weighted by atomic mass is 10.2. The number of halogens is 2. The zero-order chi connectivity index (χ0) is 17.6. The second-order valence-electron chi connectivity index (χ2n) is 5.05. The van der Waals surface area contributed by atoms with E-state index in [-0.39, 0.29) is 27.9 Å². The van der Waals surface area contributed by atoms with E-state index < -0.39 is 17.9 Å². The van der Waals surface area contributed by atoms with Crippen molar-refractivity contribution in [2.75, 3.05) is 13.6 Å². The molecule has 0 radical (unpaired) electrons. The first-order chi connectivity index (χ1) is 10.7. The summed E-state index contributed by atoms with van der Waals surface area (Å²) >= 11 is 11.8. The molecule has 126 valence electrons. The van der Waals surface area contributed by atoms with E-state index in [2.05, 4.69) is 5.32 Å². The first kappa shape index (κ1) is 19.3. The molecule has 1 aromatic carbocycles. The number of likely N-dealkylation sites (N-methyl/N-ethyl adjacent to an activating group) is 1. The van der Waals surface area contributed by atoms with Crippen LogP contribution in [0.25, 0.3) is 0 Å². The van der Waals surface area contributed by atoms with Crippen molar-refractivity contribution in [2.24, 2.45) is 0 Å². The van der Waals surface area contributed by atoms with E-state index in [0.29, 0.717) is 13.0 Å². The van der Waals surface area contributed by atoms with Gasteiger partial charge in [-0.25, -0.2) is 0 Å². The monoisotopic (exact) mass is 360 g/mol. The molecule has 1 atom stereocenters. The fourth-order valence-electron chi connectivity index (χ4n) is 1.92. The molecule has 0 spiro atoms. The molecule has 8 heteroatoms. The normalized spacial score (nSPS) is 11.7. The highest BCUT2D eigenvalue weighted by Gasteiger charge is 2.21. The standard InChI is InChI=1S/C15H18Cl2N2O4/c1-9(15(23)19(2)8-4-7-12(20)21)18-14(22)10-5-3-6-11(16)13(10)17/h3,5-6,9H,4,7-8H2,1-2H3,(H,18,22)(H,20,21). The van der Waals surface area contributed by atoms with Crippen molar-refractivity contribution >= 4 is 41.0 Å². The second kappa shape index (κ2) is 8.74. The number of amides is 2. The Bertz CT molecular complexity index is 607. The van der Waals surface area contributed by atoms with E-state index in [1.54, 1.807) is 26.1 Å². The first-order valence-electron chi connectivity index (χ1n) is 6.95. The third-order valence-electron chi connectivity index (χ3n) is 3.17. The van der Waals surface area contributed by atoms with E-state index in [0.717, 1.165) is 0 Å². The summed E-state index contributed by atoms with van der Waals surface area (Å²) in [6, 6.07) is 3.89. The molecular formula is C15H18Cl2N2O4. The Labute approximate surface area is 144 Å². The van der Waals surface area contributed by atoms with Crippen LogP contribution in [0.4, 0.5) is 0 Å². The highest BCUT2D eigenvalue weighted by Crippen LogP contribution is 2.25. The second-order valence-corrected chi connectivity index (χ2v) is 5.84. The van der Waals surface area contributed by atoms with Crippen LogP contribution < -0.4 is 5.32 Å². The van der Waals surface area contributed by atoms with Gasteiger partial charge in [0.15, 0.2) is 0 Å². The number of aliphatic carboxylic acids is 1. The summed E-state index contributed by atoms with van der Waals surface area (Å²) in [5, 5.41) is 11.5. The predicted octanol–water partition coefficient (Wildman–Crippen LogP) is 2.43. The van der Waals surface area contributed by atoms with Crippen LogP contribution in [-0.2, 0) is 9.59 Å². The van der Waals surface area contributed by atoms with Gasteiger partial charge in [-0.2, -0.15) is 0 Å². The molecule has 2 amide bonds. The van der Waals surface area contributed by atoms with Gasteiger partial charge in [-0.05, 0) is 25.5 Å². The molecule has 2 N–H and O–H groups in total. The van der Waals surface area contributed by atoms with Crippen LogP contribution in [-0.4, -0.2) is 47.4 Å². The van der Waals surface area contributed by atoms with Crippen molar-refractivity contribution in [1.29, 1.82) is 0 Å². The van der Waals surface area contributed by atoms with E-state index in [9.17, 15) is 14.4 Å². The van der Waals surface area contributed by atoms with Gasteiger partial charge in [0.05, 0.1) is 15.6 Å². The molecule has 1 aromatic rings. The van der Waals surface area contributed by atoms with Crippen LogP contribution in [0.2, 0.25) is 10.0 Å². The minimum absolute atomic E-state index is 0.0174. The van der Waals surface area contributed by atoms with Gasteiger partial charge in [0.2, 0.25) is 5.91 Å². The van der Waals surface area contributed by atoms with Crippen LogP contribution in [0.5, 0.6) is 0 Å². The maximum absolute atomic E-state index is 12.2. The molecule has 0 aliphatic rings. The summed E-state index contributed by atoms with van der Waals surface area (Å²) in [4.78, 5) is 36.1. The van der Waals surface area contributed by atoms with Crippen LogP contribution in [0.3, 0.4) is 0 Å². The number of hydrogen-bond acceptors (Lipinski definition) is 3. The largest absolute Gasteiger partial charge is 0.481 e. The molecule has 1 unspecified atom stereocenters. The number of carboxylic acid groups (broad SMARTS) is 1. The van der Waals surface area contributed by atoms with Gasteiger partial charge in [0.25, 0.3) is 5.91 Å². The quantitative estimate of drug-likeness (QED) is 0.781. The minimum atomic E-state index is -0.914. The van der Waals surface area contributed by atoms with Gasteiger partial charge in [0.1, 0.15) is 6.04 Å². The molecule has 0 heterocycles. The van der Waals surface area contributed by atoms with E-state index in [4.69, 9.17) is 28.3 Å². The van der Waals surface area contributed by atoms with Gasteiger partial charge < -0.3 is 15.3 Å². The van der Waals surface area contributed by atoms with Crippen molar-refractivity contribution in [3.05, 3.63) is 33.8 Å². The fourth-order valence-corrected chi connectivity index (χ4v) is 2.31. The fraction of sp³-hybridized carbons (Fsp3) is 0.400. The van der Waals surface area contributed by atoms with E-state index >= 15 is 0 Å². The van der Waals surface area contributed by atoms with Gasteiger partial charge in [0, 0.05) is 20.0 Å². The van der Waals surface area contributed by atoms with Crippen LogP contribution in [0.1, 0.15) is 30.1 Å². The van der Waals surface area contributed by atoms with Crippen LogP contribution in [0, 0.1) is 0 Å². The maximum atomic E-state index is 12.2. The Hall–Kier alpha value is -1.79. The summed E-state index contributed by atoms with van der Waals surface area (Å²) in [7, 11) is 1.55. The number of hydrogen-bond donors (Lipinski definition) is 2. The lowest BCUT2D eigenvalue weighted by molar-refractivity contribution is -0.138. The molecule has 0 aliphatic carbocycles. The van der Waals surface area contributed by atoms with Gasteiger partial charge in [-0.15, -0.1) is 0 Å². The number of nitrogens with zero attached hydrogens (tertiary/aromatic N) is 1. The molecule has 0 aromatic heterocycles. The lowest BCUT2D eigenvalue weighted by Gasteiger charge is -2.22. The number of carbonyl (C=O) groups is 3. The summed E-state index contributed by atoms with van der Waals surface area (Å²) in [5.41, 5.74) is 0.187. The SMILES string of the molecule is CC(NC(=O)c1cccc(Cl)c1Cl)C(=O)N(C)CCCC(=O)O. The zero-order valence-corrected chi connectivity index (χ0v) is 14.3. The predicted molar refractivity (Wildman–Crippen MR) is 87.9 cm³/mol.